The predicted molar refractivity (Wildman–Crippen MR) is 68.3 cm³/mol. The third kappa shape index (κ3) is 2.06. The average molecular weight is 219 g/mol. The van der Waals surface area contributed by atoms with Crippen molar-refractivity contribution in [1.82, 2.24) is 5.32 Å². The Morgan fingerprint density at radius 2 is 2.00 bits per heavy atom. The van der Waals surface area contributed by atoms with Crippen molar-refractivity contribution in [2.75, 3.05) is 18.8 Å². The van der Waals surface area contributed by atoms with Gasteiger partial charge in [-0.1, -0.05) is 12.1 Å². The van der Waals surface area contributed by atoms with Gasteiger partial charge in [-0.2, -0.15) is 0 Å². The standard InChI is InChI=1S/C13H21N3/c1-9-2-3-11(12(8-14)13(9)15)10-4-6-16-7-5-10/h2-3,10,16H,4-8,14-15H2,1H3. The molecule has 88 valence electrons. The molecular weight excluding hydrogens is 198 g/mol. The molecule has 1 saturated heterocycles. The van der Waals surface area contributed by atoms with Gasteiger partial charge in [0.25, 0.3) is 0 Å². The second-order valence-corrected chi connectivity index (χ2v) is 4.59. The molecule has 5 N–H and O–H groups in total. The van der Waals surface area contributed by atoms with Gasteiger partial charge in [0, 0.05) is 12.2 Å². The van der Waals surface area contributed by atoms with E-state index in [0.717, 1.165) is 29.9 Å². The Morgan fingerprint density at radius 1 is 1.31 bits per heavy atom. The van der Waals surface area contributed by atoms with Crippen molar-refractivity contribution in [2.45, 2.75) is 32.2 Å². The van der Waals surface area contributed by atoms with Gasteiger partial charge in [0.1, 0.15) is 0 Å². The topological polar surface area (TPSA) is 64.1 Å². The summed E-state index contributed by atoms with van der Waals surface area (Å²) < 4.78 is 0. The molecule has 0 bridgehead atoms. The van der Waals surface area contributed by atoms with Gasteiger partial charge in [0.15, 0.2) is 0 Å². The van der Waals surface area contributed by atoms with E-state index in [9.17, 15) is 0 Å². The molecule has 0 aliphatic carbocycles. The van der Waals surface area contributed by atoms with Gasteiger partial charge in [0.05, 0.1) is 0 Å². The number of rotatable bonds is 2. The first-order valence-electron chi connectivity index (χ1n) is 6.02. The molecule has 1 aromatic rings. The van der Waals surface area contributed by atoms with E-state index in [4.69, 9.17) is 11.5 Å². The molecular formula is C13H21N3. The van der Waals surface area contributed by atoms with E-state index in [0.29, 0.717) is 12.5 Å². The van der Waals surface area contributed by atoms with Crippen molar-refractivity contribution in [3.05, 3.63) is 28.8 Å². The number of hydrogen-bond donors (Lipinski definition) is 3. The highest BCUT2D eigenvalue weighted by Gasteiger charge is 2.19. The summed E-state index contributed by atoms with van der Waals surface area (Å²) >= 11 is 0. The van der Waals surface area contributed by atoms with Crippen LogP contribution in [0.2, 0.25) is 0 Å². The van der Waals surface area contributed by atoms with Crippen molar-refractivity contribution in [2.24, 2.45) is 5.73 Å². The summed E-state index contributed by atoms with van der Waals surface area (Å²) in [4.78, 5) is 0. The summed E-state index contributed by atoms with van der Waals surface area (Å²) in [5.74, 6) is 0.627. The molecule has 0 atom stereocenters. The van der Waals surface area contributed by atoms with E-state index >= 15 is 0 Å². The Kier molecular flexibility index (Phi) is 3.46. The molecule has 2 rings (SSSR count). The molecule has 1 aliphatic rings. The molecule has 1 aromatic carbocycles. The number of nitrogens with one attached hydrogen (secondary N) is 1. The fourth-order valence-corrected chi connectivity index (χ4v) is 2.54. The van der Waals surface area contributed by atoms with Crippen LogP contribution in [0.3, 0.4) is 0 Å². The van der Waals surface area contributed by atoms with Crippen molar-refractivity contribution in [1.29, 1.82) is 0 Å². The van der Waals surface area contributed by atoms with Crippen LogP contribution in [-0.4, -0.2) is 13.1 Å². The quantitative estimate of drug-likeness (QED) is 0.661. The van der Waals surface area contributed by atoms with Gasteiger partial charge in [-0.25, -0.2) is 0 Å². The summed E-state index contributed by atoms with van der Waals surface area (Å²) in [7, 11) is 0. The summed E-state index contributed by atoms with van der Waals surface area (Å²) in [6.45, 7) is 4.79. The number of anilines is 1. The van der Waals surface area contributed by atoms with Gasteiger partial charge in [-0.15, -0.1) is 0 Å². The van der Waals surface area contributed by atoms with Crippen LogP contribution in [-0.2, 0) is 6.54 Å². The fraction of sp³-hybridized carbons (Fsp3) is 0.538. The van der Waals surface area contributed by atoms with Crippen LogP contribution < -0.4 is 16.8 Å². The van der Waals surface area contributed by atoms with Crippen molar-refractivity contribution >= 4 is 5.69 Å². The van der Waals surface area contributed by atoms with Crippen LogP contribution in [0.25, 0.3) is 0 Å². The molecule has 1 fully saturated rings. The Hall–Kier alpha value is -1.06. The Bertz CT molecular complexity index is 368. The van der Waals surface area contributed by atoms with Crippen LogP contribution in [0.4, 0.5) is 5.69 Å². The van der Waals surface area contributed by atoms with Crippen LogP contribution in [0, 0.1) is 6.92 Å². The van der Waals surface area contributed by atoms with Crippen molar-refractivity contribution in [3.63, 3.8) is 0 Å². The van der Waals surface area contributed by atoms with Gasteiger partial charge >= 0.3 is 0 Å². The van der Waals surface area contributed by atoms with Crippen LogP contribution in [0.1, 0.15) is 35.4 Å². The third-order valence-corrected chi connectivity index (χ3v) is 3.59. The lowest BCUT2D eigenvalue weighted by molar-refractivity contribution is 0.458. The minimum atomic E-state index is 0.548. The van der Waals surface area contributed by atoms with Gasteiger partial charge in [0.2, 0.25) is 0 Å². The lowest BCUT2D eigenvalue weighted by Crippen LogP contribution is -2.27. The summed E-state index contributed by atoms with van der Waals surface area (Å²) in [5.41, 5.74) is 16.5. The largest absolute Gasteiger partial charge is 0.398 e. The molecule has 0 unspecified atom stereocenters. The number of aryl methyl sites for hydroxylation is 1. The summed E-state index contributed by atoms with van der Waals surface area (Å²) in [6, 6.07) is 4.33. The number of benzene rings is 1. The molecule has 16 heavy (non-hydrogen) atoms. The Balaban J connectivity index is 2.35. The minimum absolute atomic E-state index is 0.548. The maximum absolute atomic E-state index is 6.10. The first kappa shape index (κ1) is 11.4. The molecule has 0 radical (unpaired) electrons. The van der Waals surface area contributed by atoms with Gasteiger partial charge in [-0.05, 0) is 55.5 Å². The lowest BCUT2D eigenvalue weighted by Gasteiger charge is -2.26. The molecule has 1 heterocycles. The summed E-state index contributed by atoms with van der Waals surface area (Å²) in [6.07, 6.45) is 2.38. The second kappa shape index (κ2) is 4.85. The zero-order valence-corrected chi connectivity index (χ0v) is 9.92. The molecule has 0 saturated carbocycles. The zero-order valence-electron chi connectivity index (χ0n) is 9.92. The highest BCUT2D eigenvalue weighted by atomic mass is 14.9. The van der Waals surface area contributed by atoms with Crippen molar-refractivity contribution in [3.8, 4) is 0 Å². The lowest BCUT2D eigenvalue weighted by atomic mass is 9.85. The van der Waals surface area contributed by atoms with Crippen LogP contribution >= 0.6 is 0 Å². The number of hydrogen-bond acceptors (Lipinski definition) is 3. The van der Waals surface area contributed by atoms with Crippen molar-refractivity contribution < 1.29 is 0 Å². The van der Waals surface area contributed by atoms with Crippen LogP contribution in [0.5, 0.6) is 0 Å². The maximum atomic E-state index is 6.10. The molecule has 0 amide bonds. The third-order valence-electron chi connectivity index (χ3n) is 3.59. The molecule has 3 heteroatoms. The SMILES string of the molecule is Cc1ccc(C2CCNCC2)c(CN)c1N. The molecule has 1 aliphatic heterocycles. The van der Waals surface area contributed by atoms with E-state index in [-0.39, 0.29) is 0 Å². The first-order valence-corrected chi connectivity index (χ1v) is 6.02. The average Bonchev–Trinajstić information content (AvgIpc) is 2.33. The van der Waals surface area contributed by atoms with Gasteiger partial charge < -0.3 is 16.8 Å². The normalized spacial score (nSPS) is 17.6. The van der Waals surface area contributed by atoms with E-state index in [1.54, 1.807) is 0 Å². The van der Waals surface area contributed by atoms with Gasteiger partial charge in [-0.3, -0.25) is 0 Å². The number of nitrogen functional groups attached to an aromatic ring is 1. The van der Waals surface area contributed by atoms with E-state index < -0.39 is 0 Å². The van der Waals surface area contributed by atoms with E-state index in [2.05, 4.69) is 17.4 Å². The van der Waals surface area contributed by atoms with E-state index in [1.807, 2.05) is 6.92 Å². The fourth-order valence-electron chi connectivity index (χ4n) is 2.54. The minimum Gasteiger partial charge on any atom is -0.398 e. The first-order chi connectivity index (χ1) is 7.74. The van der Waals surface area contributed by atoms with Crippen LogP contribution in [0.15, 0.2) is 12.1 Å². The monoisotopic (exact) mass is 219 g/mol. The maximum Gasteiger partial charge on any atom is 0.0392 e. The molecule has 3 nitrogen and oxygen atoms in total. The predicted octanol–water partition coefficient (Wildman–Crippen LogP) is 1.50. The highest BCUT2D eigenvalue weighted by molar-refractivity contribution is 5.57. The zero-order chi connectivity index (χ0) is 11.5. The Labute approximate surface area is 97.2 Å². The highest BCUT2D eigenvalue weighted by Crippen LogP contribution is 2.32. The number of piperidine rings is 1. The second-order valence-electron chi connectivity index (χ2n) is 4.59. The molecule has 0 aromatic heterocycles. The smallest absolute Gasteiger partial charge is 0.0392 e. The molecule has 0 spiro atoms. The van der Waals surface area contributed by atoms with E-state index in [1.165, 1.54) is 18.4 Å². The number of nitrogens with two attached hydrogens (primary N) is 2. The Morgan fingerprint density at radius 3 is 2.62 bits per heavy atom. The summed E-state index contributed by atoms with van der Waals surface area (Å²) in [5, 5.41) is 3.39.